The van der Waals surface area contributed by atoms with Gasteiger partial charge < -0.3 is 10.6 Å². The van der Waals surface area contributed by atoms with Gasteiger partial charge >= 0.3 is 0 Å². The number of halogens is 2. The maximum atomic E-state index is 11.9. The summed E-state index contributed by atoms with van der Waals surface area (Å²) in [6.07, 6.45) is 14.4. The van der Waals surface area contributed by atoms with E-state index in [9.17, 15) is 4.79 Å². The predicted octanol–water partition coefficient (Wildman–Crippen LogP) is 7.51. The van der Waals surface area contributed by atoms with E-state index >= 15 is 0 Å². The molecule has 152 valence electrons. The molecule has 1 aromatic rings. The fourth-order valence-electron chi connectivity index (χ4n) is 2.93. The highest BCUT2D eigenvalue weighted by molar-refractivity contribution is 7.80. The normalized spacial score (nSPS) is 10.6. The van der Waals surface area contributed by atoms with Gasteiger partial charge in [-0.05, 0) is 36.8 Å². The van der Waals surface area contributed by atoms with Crippen LogP contribution < -0.4 is 10.6 Å². The van der Waals surface area contributed by atoms with Crippen molar-refractivity contribution in [2.75, 3.05) is 5.32 Å². The van der Waals surface area contributed by atoms with Gasteiger partial charge in [0, 0.05) is 22.2 Å². The molecule has 3 nitrogen and oxygen atoms in total. The van der Waals surface area contributed by atoms with Crippen molar-refractivity contribution in [3.63, 3.8) is 0 Å². The average molecular weight is 431 g/mol. The minimum Gasteiger partial charge on any atom is -0.332 e. The lowest BCUT2D eigenvalue weighted by Gasteiger charge is -2.10. The van der Waals surface area contributed by atoms with Gasteiger partial charge in [0.15, 0.2) is 5.11 Å². The molecule has 1 rings (SSSR count). The first-order valence-corrected chi connectivity index (χ1v) is 11.2. The number of hydrogen-bond acceptors (Lipinski definition) is 2. The molecule has 0 radical (unpaired) electrons. The van der Waals surface area contributed by atoms with E-state index in [0.29, 0.717) is 22.2 Å². The lowest BCUT2D eigenvalue weighted by Crippen LogP contribution is -2.33. The molecule has 1 amide bonds. The second kappa shape index (κ2) is 15.1. The molecule has 0 spiro atoms. The summed E-state index contributed by atoms with van der Waals surface area (Å²) < 4.78 is 0. The number of anilines is 1. The van der Waals surface area contributed by atoms with Crippen molar-refractivity contribution < 1.29 is 4.79 Å². The Morgan fingerprint density at radius 3 is 1.85 bits per heavy atom. The Hall–Kier alpha value is -0.840. The maximum absolute atomic E-state index is 11.9. The molecule has 0 aliphatic rings. The van der Waals surface area contributed by atoms with E-state index < -0.39 is 0 Å². The Morgan fingerprint density at radius 1 is 0.852 bits per heavy atom. The first-order chi connectivity index (χ1) is 13.0. The molecule has 0 aliphatic carbocycles. The van der Waals surface area contributed by atoms with E-state index in [2.05, 4.69) is 17.6 Å². The van der Waals surface area contributed by atoms with Crippen molar-refractivity contribution in [2.45, 2.75) is 84.0 Å². The second-order valence-corrected chi connectivity index (χ2v) is 8.23. The summed E-state index contributed by atoms with van der Waals surface area (Å²) in [6.45, 7) is 2.25. The SMILES string of the molecule is CCCCCCCCCCCCCC(=O)NC(=S)Nc1cc(Cl)cc(Cl)c1. The third kappa shape index (κ3) is 13.0. The summed E-state index contributed by atoms with van der Waals surface area (Å²) in [6, 6.07) is 5.05. The summed E-state index contributed by atoms with van der Waals surface area (Å²) in [4.78, 5) is 11.9. The minimum absolute atomic E-state index is 0.0588. The van der Waals surface area contributed by atoms with Gasteiger partial charge in [-0.3, -0.25) is 4.79 Å². The van der Waals surface area contributed by atoms with Crippen LogP contribution in [0.15, 0.2) is 18.2 Å². The van der Waals surface area contributed by atoms with E-state index in [0.717, 1.165) is 12.8 Å². The Balaban J connectivity index is 2.03. The molecule has 1 aromatic carbocycles. The molecular formula is C21H32Cl2N2OS. The number of rotatable bonds is 13. The lowest BCUT2D eigenvalue weighted by atomic mass is 10.1. The van der Waals surface area contributed by atoms with Crippen LogP contribution in [0.4, 0.5) is 5.69 Å². The minimum atomic E-state index is -0.0588. The number of nitrogens with one attached hydrogen (secondary N) is 2. The zero-order valence-electron chi connectivity index (χ0n) is 16.3. The molecule has 0 aromatic heterocycles. The van der Waals surface area contributed by atoms with Crippen LogP contribution in [0.1, 0.15) is 84.0 Å². The fraction of sp³-hybridized carbons (Fsp3) is 0.619. The number of hydrogen-bond donors (Lipinski definition) is 2. The molecule has 0 saturated carbocycles. The van der Waals surface area contributed by atoms with Gasteiger partial charge in [0.2, 0.25) is 5.91 Å². The van der Waals surface area contributed by atoms with Crippen molar-refractivity contribution in [1.82, 2.24) is 5.32 Å². The first kappa shape index (κ1) is 24.2. The third-order valence-electron chi connectivity index (χ3n) is 4.38. The molecule has 27 heavy (non-hydrogen) atoms. The Kier molecular flexibility index (Phi) is 13.6. The van der Waals surface area contributed by atoms with Crippen LogP contribution in [0, 0.1) is 0 Å². The van der Waals surface area contributed by atoms with Gasteiger partial charge in [0.25, 0.3) is 0 Å². The summed E-state index contributed by atoms with van der Waals surface area (Å²) in [5.74, 6) is -0.0588. The van der Waals surface area contributed by atoms with Crippen LogP contribution >= 0.6 is 35.4 Å². The topological polar surface area (TPSA) is 41.1 Å². The van der Waals surface area contributed by atoms with E-state index in [1.165, 1.54) is 57.8 Å². The van der Waals surface area contributed by atoms with Gasteiger partial charge in [0.1, 0.15) is 0 Å². The summed E-state index contributed by atoms with van der Waals surface area (Å²) in [5.41, 5.74) is 0.660. The highest BCUT2D eigenvalue weighted by atomic mass is 35.5. The van der Waals surface area contributed by atoms with Crippen molar-refractivity contribution >= 4 is 52.1 Å². The third-order valence-corrected chi connectivity index (χ3v) is 5.02. The van der Waals surface area contributed by atoms with Gasteiger partial charge in [-0.1, -0.05) is 94.3 Å². The van der Waals surface area contributed by atoms with E-state index in [1.54, 1.807) is 18.2 Å². The van der Waals surface area contributed by atoms with Crippen molar-refractivity contribution in [3.05, 3.63) is 28.2 Å². The Bertz CT molecular complexity index is 561. The molecule has 2 N–H and O–H groups in total. The number of carbonyl (C=O) groups excluding carboxylic acids is 1. The van der Waals surface area contributed by atoms with Crippen LogP contribution in [-0.2, 0) is 4.79 Å². The number of carbonyl (C=O) groups is 1. The smallest absolute Gasteiger partial charge is 0.226 e. The van der Waals surface area contributed by atoms with Crippen molar-refractivity contribution in [1.29, 1.82) is 0 Å². The highest BCUT2D eigenvalue weighted by Crippen LogP contribution is 2.22. The molecule has 0 bridgehead atoms. The van der Waals surface area contributed by atoms with Crippen LogP contribution in [0.5, 0.6) is 0 Å². The predicted molar refractivity (Wildman–Crippen MR) is 122 cm³/mol. The number of thiocarbonyl (C=S) groups is 1. The summed E-state index contributed by atoms with van der Waals surface area (Å²) in [5, 5.41) is 6.92. The molecule has 0 heterocycles. The number of unbranched alkanes of at least 4 members (excludes halogenated alkanes) is 10. The van der Waals surface area contributed by atoms with Crippen molar-refractivity contribution in [3.8, 4) is 0 Å². The van der Waals surface area contributed by atoms with Crippen LogP contribution in [-0.4, -0.2) is 11.0 Å². The molecule has 0 aliphatic heterocycles. The zero-order chi connectivity index (χ0) is 19.9. The summed E-state index contributed by atoms with van der Waals surface area (Å²) >= 11 is 17.0. The lowest BCUT2D eigenvalue weighted by molar-refractivity contribution is -0.119. The zero-order valence-corrected chi connectivity index (χ0v) is 18.6. The molecule has 0 saturated heterocycles. The Labute approximate surface area is 179 Å². The maximum Gasteiger partial charge on any atom is 0.226 e. The second-order valence-electron chi connectivity index (χ2n) is 6.95. The molecule has 6 heteroatoms. The van der Waals surface area contributed by atoms with E-state index in [1.807, 2.05) is 0 Å². The average Bonchev–Trinajstić information content (AvgIpc) is 2.58. The molecule has 0 unspecified atom stereocenters. The van der Waals surface area contributed by atoms with Gasteiger partial charge in [-0.25, -0.2) is 0 Å². The fourth-order valence-corrected chi connectivity index (χ4v) is 3.68. The van der Waals surface area contributed by atoms with Crippen LogP contribution in [0.25, 0.3) is 0 Å². The Morgan fingerprint density at radius 2 is 1.33 bits per heavy atom. The monoisotopic (exact) mass is 430 g/mol. The highest BCUT2D eigenvalue weighted by Gasteiger charge is 2.06. The standard InChI is InChI=1S/C21H32Cl2N2OS/c1-2-3-4-5-6-7-8-9-10-11-12-13-20(26)25-21(27)24-19-15-17(22)14-18(23)16-19/h14-16H,2-13H2,1H3,(H2,24,25,26,27). The van der Waals surface area contributed by atoms with Crippen LogP contribution in [0.3, 0.4) is 0 Å². The van der Waals surface area contributed by atoms with Crippen molar-refractivity contribution in [2.24, 2.45) is 0 Å². The number of amides is 1. The van der Waals surface area contributed by atoms with Crippen LogP contribution in [0.2, 0.25) is 10.0 Å². The van der Waals surface area contributed by atoms with E-state index in [-0.39, 0.29) is 11.0 Å². The molecule has 0 atom stereocenters. The first-order valence-electron chi connectivity index (χ1n) is 10.1. The number of benzene rings is 1. The van der Waals surface area contributed by atoms with Gasteiger partial charge in [-0.2, -0.15) is 0 Å². The van der Waals surface area contributed by atoms with E-state index in [4.69, 9.17) is 35.4 Å². The molecule has 0 fully saturated rings. The largest absolute Gasteiger partial charge is 0.332 e. The van der Waals surface area contributed by atoms with Gasteiger partial charge in [-0.15, -0.1) is 0 Å². The van der Waals surface area contributed by atoms with Gasteiger partial charge in [0.05, 0.1) is 0 Å². The quantitative estimate of drug-likeness (QED) is 0.251. The summed E-state index contributed by atoms with van der Waals surface area (Å²) in [7, 11) is 0. The molecular weight excluding hydrogens is 399 g/mol.